The summed E-state index contributed by atoms with van der Waals surface area (Å²) >= 11 is 13.2. The average molecular weight is 313 g/mol. The van der Waals surface area contributed by atoms with Gasteiger partial charge in [-0.25, -0.2) is 4.98 Å². The first kappa shape index (κ1) is 14.2. The standard InChI is InChI=1S/C13H10Cl2N2OS/c1-19-10-4-2-9(3-5-10)17-13(18)8-6-11(14)12(15)16-7-8/h2-7H,1H3,(H,17,18). The van der Waals surface area contributed by atoms with Gasteiger partial charge in [0.15, 0.2) is 0 Å². The largest absolute Gasteiger partial charge is 0.322 e. The summed E-state index contributed by atoms with van der Waals surface area (Å²) in [4.78, 5) is 16.9. The van der Waals surface area contributed by atoms with Gasteiger partial charge < -0.3 is 5.32 Å². The normalized spacial score (nSPS) is 10.3. The van der Waals surface area contributed by atoms with Crippen molar-refractivity contribution in [3.05, 3.63) is 52.3 Å². The molecule has 0 saturated heterocycles. The maximum Gasteiger partial charge on any atom is 0.257 e. The van der Waals surface area contributed by atoms with Crippen LogP contribution < -0.4 is 5.32 Å². The smallest absolute Gasteiger partial charge is 0.257 e. The lowest BCUT2D eigenvalue weighted by atomic mass is 10.2. The molecule has 0 fully saturated rings. The molecule has 1 heterocycles. The molecule has 2 aromatic rings. The van der Waals surface area contributed by atoms with Gasteiger partial charge in [-0.05, 0) is 36.6 Å². The van der Waals surface area contributed by atoms with Crippen LogP contribution in [0.4, 0.5) is 5.69 Å². The number of aromatic nitrogens is 1. The maximum atomic E-state index is 12.0. The van der Waals surface area contributed by atoms with E-state index in [4.69, 9.17) is 23.2 Å². The summed E-state index contributed by atoms with van der Waals surface area (Å²) in [6, 6.07) is 9.05. The lowest BCUT2D eigenvalue weighted by molar-refractivity contribution is 0.102. The summed E-state index contributed by atoms with van der Waals surface area (Å²) in [5, 5.41) is 3.21. The number of amides is 1. The number of anilines is 1. The third kappa shape index (κ3) is 3.62. The van der Waals surface area contributed by atoms with Crippen molar-refractivity contribution in [3.8, 4) is 0 Å². The summed E-state index contributed by atoms with van der Waals surface area (Å²) in [5.74, 6) is -0.275. The highest BCUT2D eigenvalue weighted by molar-refractivity contribution is 7.98. The topological polar surface area (TPSA) is 42.0 Å². The van der Waals surface area contributed by atoms with Gasteiger partial charge in [0.05, 0.1) is 10.6 Å². The summed E-state index contributed by atoms with van der Waals surface area (Å²) in [7, 11) is 0. The molecule has 0 aliphatic heterocycles. The van der Waals surface area contributed by atoms with Crippen molar-refractivity contribution in [2.24, 2.45) is 0 Å². The molecule has 0 aliphatic carbocycles. The molecule has 1 amide bonds. The molecule has 0 aliphatic rings. The molecular formula is C13H10Cl2N2OS. The van der Waals surface area contributed by atoms with Gasteiger partial charge in [0.2, 0.25) is 0 Å². The van der Waals surface area contributed by atoms with Gasteiger partial charge in [-0.2, -0.15) is 0 Å². The zero-order valence-corrected chi connectivity index (χ0v) is 12.3. The van der Waals surface area contributed by atoms with Crippen LogP contribution >= 0.6 is 35.0 Å². The number of rotatable bonds is 3. The van der Waals surface area contributed by atoms with Gasteiger partial charge in [-0.3, -0.25) is 4.79 Å². The molecular weight excluding hydrogens is 303 g/mol. The van der Waals surface area contributed by atoms with Gasteiger partial charge in [-0.15, -0.1) is 11.8 Å². The number of halogens is 2. The first-order valence-corrected chi connectivity index (χ1v) is 7.34. The van der Waals surface area contributed by atoms with Crippen molar-refractivity contribution in [3.63, 3.8) is 0 Å². The van der Waals surface area contributed by atoms with Crippen LogP contribution in [0.1, 0.15) is 10.4 Å². The Kier molecular flexibility index (Phi) is 4.69. The lowest BCUT2D eigenvalue weighted by Crippen LogP contribution is -2.12. The molecule has 0 saturated carbocycles. The van der Waals surface area contributed by atoms with Gasteiger partial charge in [-0.1, -0.05) is 23.2 Å². The summed E-state index contributed by atoms with van der Waals surface area (Å²) in [6.45, 7) is 0. The third-order valence-corrected chi connectivity index (χ3v) is 3.84. The minimum absolute atomic E-state index is 0.183. The highest BCUT2D eigenvalue weighted by Crippen LogP contribution is 2.21. The Balaban J connectivity index is 2.13. The van der Waals surface area contributed by atoms with E-state index in [-0.39, 0.29) is 16.1 Å². The molecule has 1 aromatic carbocycles. The van der Waals surface area contributed by atoms with Gasteiger partial charge in [0.1, 0.15) is 5.15 Å². The fraction of sp³-hybridized carbons (Fsp3) is 0.0769. The molecule has 0 spiro atoms. The van der Waals surface area contributed by atoms with E-state index < -0.39 is 0 Å². The molecule has 3 nitrogen and oxygen atoms in total. The number of pyridine rings is 1. The summed E-state index contributed by atoms with van der Waals surface area (Å²) < 4.78 is 0. The first-order valence-electron chi connectivity index (χ1n) is 5.36. The van der Waals surface area contributed by atoms with Gasteiger partial charge in [0, 0.05) is 16.8 Å². The molecule has 1 N–H and O–H groups in total. The number of nitrogens with one attached hydrogen (secondary N) is 1. The van der Waals surface area contributed by atoms with Gasteiger partial charge in [0.25, 0.3) is 5.91 Å². The molecule has 19 heavy (non-hydrogen) atoms. The van der Waals surface area contributed by atoms with E-state index in [9.17, 15) is 4.79 Å². The van der Waals surface area contributed by atoms with E-state index >= 15 is 0 Å². The number of hydrogen-bond acceptors (Lipinski definition) is 3. The molecule has 0 radical (unpaired) electrons. The molecule has 0 unspecified atom stereocenters. The van der Waals surface area contributed by atoms with Gasteiger partial charge >= 0.3 is 0 Å². The average Bonchev–Trinajstić information content (AvgIpc) is 2.42. The van der Waals surface area contributed by atoms with E-state index in [1.165, 1.54) is 12.3 Å². The second kappa shape index (κ2) is 6.28. The third-order valence-electron chi connectivity index (χ3n) is 2.41. The second-order valence-electron chi connectivity index (χ2n) is 3.68. The van der Waals surface area contributed by atoms with Crippen LogP contribution in [-0.4, -0.2) is 17.1 Å². The fourth-order valence-electron chi connectivity index (χ4n) is 1.42. The number of thioether (sulfide) groups is 1. The lowest BCUT2D eigenvalue weighted by Gasteiger charge is -2.06. The number of hydrogen-bond donors (Lipinski definition) is 1. The molecule has 2 rings (SSSR count). The predicted octanol–water partition coefficient (Wildman–Crippen LogP) is 4.36. The fourth-order valence-corrected chi connectivity index (χ4v) is 2.10. The van der Waals surface area contributed by atoms with E-state index in [0.29, 0.717) is 11.3 Å². The molecule has 1 aromatic heterocycles. The van der Waals surface area contributed by atoms with Crippen molar-refractivity contribution in [1.82, 2.24) is 4.98 Å². The van der Waals surface area contributed by atoms with Crippen LogP contribution in [0.2, 0.25) is 10.2 Å². The zero-order valence-electron chi connectivity index (χ0n) is 9.98. The number of benzene rings is 1. The highest BCUT2D eigenvalue weighted by atomic mass is 35.5. The SMILES string of the molecule is CSc1ccc(NC(=O)c2cnc(Cl)c(Cl)c2)cc1. The van der Waals surface area contributed by atoms with Crippen molar-refractivity contribution < 1.29 is 4.79 Å². The van der Waals surface area contributed by atoms with Crippen LogP contribution in [0.15, 0.2) is 41.4 Å². The Morgan fingerprint density at radius 3 is 2.53 bits per heavy atom. The molecule has 0 atom stereocenters. The molecule has 0 bridgehead atoms. The monoisotopic (exact) mass is 312 g/mol. The van der Waals surface area contributed by atoms with Crippen LogP contribution in [0.5, 0.6) is 0 Å². The molecule has 98 valence electrons. The maximum absolute atomic E-state index is 12.0. The van der Waals surface area contributed by atoms with Crippen LogP contribution in [0, 0.1) is 0 Å². The first-order chi connectivity index (χ1) is 9.10. The van der Waals surface area contributed by atoms with Crippen molar-refractivity contribution >= 4 is 46.6 Å². The summed E-state index contributed by atoms with van der Waals surface area (Å²) in [6.07, 6.45) is 3.38. The Morgan fingerprint density at radius 1 is 1.26 bits per heavy atom. The Labute approximate surface area is 125 Å². The van der Waals surface area contributed by atoms with Crippen LogP contribution in [0.25, 0.3) is 0 Å². The minimum atomic E-state index is -0.275. The quantitative estimate of drug-likeness (QED) is 0.676. The van der Waals surface area contributed by atoms with Crippen LogP contribution in [-0.2, 0) is 0 Å². The van der Waals surface area contributed by atoms with E-state index in [2.05, 4.69) is 10.3 Å². The number of carbonyl (C=O) groups excluding carboxylic acids is 1. The van der Waals surface area contributed by atoms with E-state index in [1.807, 2.05) is 30.5 Å². The van der Waals surface area contributed by atoms with Crippen LogP contribution in [0.3, 0.4) is 0 Å². The van der Waals surface area contributed by atoms with Crippen molar-refractivity contribution in [1.29, 1.82) is 0 Å². The highest BCUT2D eigenvalue weighted by Gasteiger charge is 2.09. The van der Waals surface area contributed by atoms with Crippen molar-refractivity contribution in [2.45, 2.75) is 4.90 Å². The summed E-state index contributed by atoms with van der Waals surface area (Å²) in [5.41, 5.74) is 1.08. The number of nitrogens with zero attached hydrogens (tertiary/aromatic N) is 1. The molecule has 6 heteroatoms. The minimum Gasteiger partial charge on any atom is -0.322 e. The van der Waals surface area contributed by atoms with E-state index in [0.717, 1.165) is 4.90 Å². The Hall–Kier alpha value is -1.23. The van der Waals surface area contributed by atoms with Crippen molar-refractivity contribution in [2.75, 3.05) is 11.6 Å². The Bertz CT molecular complexity index is 602. The Morgan fingerprint density at radius 2 is 1.95 bits per heavy atom. The second-order valence-corrected chi connectivity index (χ2v) is 5.32. The van der Waals surface area contributed by atoms with E-state index in [1.54, 1.807) is 11.8 Å². The zero-order chi connectivity index (χ0) is 13.8. The number of carbonyl (C=O) groups is 1. The predicted molar refractivity (Wildman–Crippen MR) is 80.4 cm³/mol.